The summed E-state index contributed by atoms with van der Waals surface area (Å²) in [5.74, 6) is -0.406. The minimum atomic E-state index is -0.727. The molecule has 2 N–H and O–H groups in total. The van der Waals surface area contributed by atoms with Crippen molar-refractivity contribution in [2.75, 3.05) is 19.6 Å². The maximum absolute atomic E-state index is 11.4. The van der Waals surface area contributed by atoms with Gasteiger partial charge in [-0.3, -0.25) is 9.59 Å². The third-order valence-corrected chi connectivity index (χ3v) is 2.94. The Morgan fingerprint density at radius 2 is 2.18 bits per heavy atom. The van der Waals surface area contributed by atoms with Gasteiger partial charge < -0.3 is 15.3 Å². The first-order chi connectivity index (χ1) is 7.97. The SMILES string of the molecule is CC(C)NC(=O)CCN1CCC(CC(=O)O)C1. The molecule has 17 heavy (non-hydrogen) atoms. The van der Waals surface area contributed by atoms with Crippen molar-refractivity contribution in [2.45, 2.75) is 39.2 Å². The summed E-state index contributed by atoms with van der Waals surface area (Å²) >= 11 is 0. The van der Waals surface area contributed by atoms with E-state index in [1.54, 1.807) is 0 Å². The maximum Gasteiger partial charge on any atom is 0.303 e. The van der Waals surface area contributed by atoms with Gasteiger partial charge in [0.25, 0.3) is 0 Å². The monoisotopic (exact) mass is 242 g/mol. The van der Waals surface area contributed by atoms with Crippen LogP contribution in [0.3, 0.4) is 0 Å². The average molecular weight is 242 g/mol. The Balaban J connectivity index is 2.17. The Morgan fingerprint density at radius 1 is 1.47 bits per heavy atom. The highest BCUT2D eigenvalue weighted by molar-refractivity contribution is 5.76. The van der Waals surface area contributed by atoms with E-state index in [9.17, 15) is 9.59 Å². The molecule has 1 aliphatic heterocycles. The second kappa shape index (κ2) is 6.59. The van der Waals surface area contributed by atoms with Crippen LogP contribution in [0.15, 0.2) is 0 Å². The molecule has 1 amide bonds. The molecule has 0 saturated carbocycles. The topological polar surface area (TPSA) is 69.6 Å². The van der Waals surface area contributed by atoms with Gasteiger partial charge in [-0.25, -0.2) is 0 Å². The van der Waals surface area contributed by atoms with Crippen molar-refractivity contribution in [3.63, 3.8) is 0 Å². The lowest BCUT2D eigenvalue weighted by atomic mass is 10.1. The minimum absolute atomic E-state index is 0.0710. The number of carboxylic acid groups (broad SMARTS) is 1. The largest absolute Gasteiger partial charge is 0.481 e. The molecule has 1 atom stereocenters. The molecular weight excluding hydrogens is 220 g/mol. The maximum atomic E-state index is 11.4. The number of nitrogens with zero attached hydrogens (tertiary/aromatic N) is 1. The van der Waals surface area contributed by atoms with E-state index in [1.807, 2.05) is 13.8 Å². The summed E-state index contributed by atoms with van der Waals surface area (Å²) in [6.45, 7) is 6.33. The van der Waals surface area contributed by atoms with E-state index in [1.165, 1.54) is 0 Å². The predicted octanol–water partition coefficient (Wildman–Crippen LogP) is 0.698. The van der Waals surface area contributed by atoms with Gasteiger partial charge >= 0.3 is 5.97 Å². The molecule has 0 aromatic heterocycles. The van der Waals surface area contributed by atoms with Crippen LogP contribution in [0.25, 0.3) is 0 Å². The van der Waals surface area contributed by atoms with Gasteiger partial charge in [0.1, 0.15) is 0 Å². The molecule has 0 aromatic rings. The number of aliphatic carboxylic acids is 1. The number of carbonyl (C=O) groups excluding carboxylic acids is 1. The van der Waals surface area contributed by atoms with Crippen LogP contribution in [0.5, 0.6) is 0 Å². The molecule has 98 valence electrons. The molecule has 0 aliphatic carbocycles. The van der Waals surface area contributed by atoms with Gasteiger partial charge in [-0.05, 0) is 32.7 Å². The molecule has 1 saturated heterocycles. The van der Waals surface area contributed by atoms with Gasteiger partial charge in [-0.15, -0.1) is 0 Å². The summed E-state index contributed by atoms with van der Waals surface area (Å²) in [7, 11) is 0. The van der Waals surface area contributed by atoms with Crippen LogP contribution in [-0.4, -0.2) is 47.6 Å². The summed E-state index contributed by atoms with van der Waals surface area (Å²) in [5.41, 5.74) is 0. The van der Waals surface area contributed by atoms with E-state index < -0.39 is 5.97 Å². The van der Waals surface area contributed by atoms with Gasteiger partial charge in [-0.1, -0.05) is 0 Å². The summed E-state index contributed by atoms with van der Waals surface area (Å²) in [5, 5.41) is 11.5. The second-order valence-electron chi connectivity index (χ2n) is 5.03. The van der Waals surface area contributed by atoms with E-state index in [0.717, 1.165) is 26.1 Å². The van der Waals surface area contributed by atoms with E-state index in [-0.39, 0.29) is 24.3 Å². The first kappa shape index (κ1) is 14.0. The fourth-order valence-corrected chi connectivity index (χ4v) is 2.18. The van der Waals surface area contributed by atoms with Crippen molar-refractivity contribution in [3.05, 3.63) is 0 Å². The molecule has 1 unspecified atom stereocenters. The first-order valence-corrected chi connectivity index (χ1v) is 6.21. The van der Waals surface area contributed by atoms with Crippen LogP contribution in [0.4, 0.5) is 0 Å². The highest BCUT2D eigenvalue weighted by Gasteiger charge is 2.24. The zero-order valence-corrected chi connectivity index (χ0v) is 10.6. The lowest BCUT2D eigenvalue weighted by Gasteiger charge is -2.16. The Morgan fingerprint density at radius 3 is 2.76 bits per heavy atom. The predicted molar refractivity (Wildman–Crippen MR) is 64.7 cm³/mol. The molecule has 5 heteroatoms. The molecule has 0 radical (unpaired) electrons. The number of likely N-dealkylation sites (tertiary alicyclic amines) is 1. The summed E-state index contributed by atoms with van der Waals surface area (Å²) in [6.07, 6.45) is 1.67. The average Bonchev–Trinajstić information content (AvgIpc) is 2.60. The lowest BCUT2D eigenvalue weighted by molar-refractivity contribution is -0.138. The summed E-state index contributed by atoms with van der Waals surface area (Å²) in [6, 6.07) is 0.181. The Labute approximate surface area is 102 Å². The number of rotatable bonds is 6. The summed E-state index contributed by atoms with van der Waals surface area (Å²) < 4.78 is 0. The Kier molecular flexibility index (Phi) is 5.41. The fraction of sp³-hybridized carbons (Fsp3) is 0.833. The number of carbonyl (C=O) groups is 2. The highest BCUT2D eigenvalue weighted by atomic mass is 16.4. The zero-order valence-electron chi connectivity index (χ0n) is 10.6. The standard InChI is InChI=1S/C12H22N2O3/c1-9(2)13-11(15)4-6-14-5-3-10(8-14)7-12(16)17/h9-10H,3-8H2,1-2H3,(H,13,15)(H,16,17). The number of amides is 1. The number of hydrogen-bond acceptors (Lipinski definition) is 3. The van der Waals surface area contributed by atoms with Crippen molar-refractivity contribution in [1.29, 1.82) is 0 Å². The first-order valence-electron chi connectivity index (χ1n) is 6.21. The fourth-order valence-electron chi connectivity index (χ4n) is 2.18. The second-order valence-corrected chi connectivity index (χ2v) is 5.03. The smallest absolute Gasteiger partial charge is 0.303 e. The van der Waals surface area contributed by atoms with Crippen molar-refractivity contribution in [1.82, 2.24) is 10.2 Å². The summed E-state index contributed by atoms with van der Waals surface area (Å²) in [4.78, 5) is 24.2. The highest BCUT2D eigenvalue weighted by Crippen LogP contribution is 2.19. The number of hydrogen-bond donors (Lipinski definition) is 2. The third kappa shape index (κ3) is 5.68. The molecule has 1 fully saturated rings. The van der Waals surface area contributed by atoms with Gasteiger partial charge in [0.2, 0.25) is 5.91 Å². The van der Waals surface area contributed by atoms with Crippen LogP contribution in [-0.2, 0) is 9.59 Å². The minimum Gasteiger partial charge on any atom is -0.481 e. The molecule has 0 aromatic carbocycles. The van der Waals surface area contributed by atoms with Crippen LogP contribution >= 0.6 is 0 Å². The van der Waals surface area contributed by atoms with Crippen LogP contribution in [0.2, 0.25) is 0 Å². The van der Waals surface area contributed by atoms with Crippen molar-refractivity contribution in [3.8, 4) is 0 Å². The Bertz CT molecular complexity index is 279. The van der Waals surface area contributed by atoms with Crippen LogP contribution in [0, 0.1) is 5.92 Å². The molecule has 0 bridgehead atoms. The molecule has 1 aliphatic rings. The molecule has 0 spiro atoms. The van der Waals surface area contributed by atoms with Crippen molar-refractivity contribution in [2.24, 2.45) is 5.92 Å². The van der Waals surface area contributed by atoms with Gasteiger partial charge in [0.05, 0.1) is 0 Å². The Hall–Kier alpha value is -1.10. The van der Waals surface area contributed by atoms with Gasteiger partial charge in [0.15, 0.2) is 0 Å². The normalized spacial score (nSPS) is 20.8. The number of carboxylic acids is 1. The van der Waals surface area contributed by atoms with Crippen molar-refractivity contribution < 1.29 is 14.7 Å². The van der Waals surface area contributed by atoms with E-state index in [4.69, 9.17) is 5.11 Å². The third-order valence-electron chi connectivity index (χ3n) is 2.94. The zero-order chi connectivity index (χ0) is 12.8. The van der Waals surface area contributed by atoms with Crippen LogP contribution < -0.4 is 5.32 Å². The quantitative estimate of drug-likeness (QED) is 0.719. The molecule has 1 rings (SSSR count). The van der Waals surface area contributed by atoms with Crippen molar-refractivity contribution >= 4 is 11.9 Å². The van der Waals surface area contributed by atoms with Gasteiger partial charge in [-0.2, -0.15) is 0 Å². The van der Waals surface area contributed by atoms with E-state index >= 15 is 0 Å². The van der Waals surface area contributed by atoms with Crippen LogP contribution in [0.1, 0.15) is 33.1 Å². The number of nitrogens with one attached hydrogen (secondary N) is 1. The van der Waals surface area contributed by atoms with Gasteiger partial charge in [0, 0.05) is 32.0 Å². The molecular formula is C12H22N2O3. The molecule has 1 heterocycles. The lowest BCUT2D eigenvalue weighted by Crippen LogP contribution is -2.33. The van der Waals surface area contributed by atoms with E-state index in [0.29, 0.717) is 6.42 Å². The molecule has 5 nitrogen and oxygen atoms in total. The van der Waals surface area contributed by atoms with E-state index in [2.05, 4.69) is 10.2 Å².